The van der Waals surface area contributed by atoms with E-state index in [2.05, 4.69) is 21.2 Å². The molecule has 198 valence electrons. The molecule has 1 aromatic heterocycles. The highest BCUT2D eigenvalue weighted by molar-refractivity contribution is 9.10. The number of hydrogen-bond acceptors (Lipinski definition) is 7. The van der Waals surface area contributed by atoms with E-state index in [1.165, 1.54) is 38.3 Å². The van der Waals surface area contributed by atoms with Crippen LogP contribution >= 0.6 is 15.9 Å². The number of anilines is 1. The number of methoxy groups -OCH3 is 1. The highest BCUT2D eigenvalue weighted by Crippen LogP contribution is 2.29. The second kappa shape index (κ2) is 12.2. The summed E-state index contributed by atoms with van der Waals surface area (Å²) in [5, 5.41) is 18.3. The fourth-order valence-corrected chi connectivity index (χ4v) is 3.89. The molecule has 10 nitrogen and oxygen atoms in total. The van der Waals surface area contributed by atoms with Crippen molar-refractivity contribution in [1.82, 2.24) is 9.78 Å². The van der Waals surface area contributed by atoms with Gasteiger partial charge >= 0.3 is 5.97 Å². The number of esters is 1. The molecule has 0 fully saturated rings. The third-order valence-corrected chi connectivity index (χ3v) is 6.12. The first-order chi connectivity index (χ1) is 18.7. The minimum atomic E-state index is -1.19. The zero-order valence-corrected chi connectivity index (χ0v) is 22.5. The quantitative estimate of drug-likeness (QED) is 0.113. The van der Waals surface area contributed by atoms with E-state index in [1.54, 1.807) is 17.0 Å². The van der Waals surface area contributed by atoms with Crippen LogP contribution in [0.5, 0.6) is 5.75 Å². The van der Waals surface area contributed by atoms with Crippen LogP contribution in [0, 0.1) is 10.1 Å². The molecule has 4 rings (SSSR count). The van der Waals surface area contributed by atoms with Gasteiger partial charge in [0.25, 0.3) is 11.6 Å². The number of halogens is 1. The molecule has 4 aromatic rings. The predicted molar refractivity (Wildman–Crippen MR) is 150 cm³/mol. The number of carbonyl (C=O) groups is 2. The van der Waals surface area contributed by atoms with Crippen molar-refractivity contribution in [2.75, 3.05) is 12.4 Å². The molecule has 1 heterocycles. The highest BCUT2D eigenvalue weighted by Gasteiger charge is 2.20. The molecular formula is C28H23BrN4O6. The Morgan fingerprint density at radius 1 is 1.10 bits per heavy atom. The van der Waals surface area contributed by atoms with Gasteiger partial charge < -0.3 is 14.8 Å². The van der Waals surface area contributed by atoms with Crippen molar-refractivity contribution in [2.45, 2.75) is 13.0 Å². The van der Waals surface area contributed by atoms with Gasteiger partial charge in [0.15, 0.2) is 6.10 Å². The molecule has 0 aliphatic heterocycles. The Balaban J connectivity index is 1.50. The summed E-state index contributed by atoms with van der Waals surface area (Å²) < 4.78 is 13.0. The summed E-state index contributed by atoms with van der Waals surface area (Å²) in [6.07, 6.45) is 3.39. The van der Waals surface area contributed by atoms with Gasteiger partial charge in [-0.15, -0.1) is 0 Å². The number of ether oxygens (including phenoxy) is 2. The van der Waals surface area contributed by atoms with E-state index in [9.17, 15) is 19.7 Å². The summed E-state index contributed by atoms with van der Waals surface area (Å²) >= 11 is 3.43. The largest absolute Gasteiger partial charge is 0.495 e. The molecule has 11 heteroatoms. The van der Waals surface area contributed by atoms with Crippen molar-refractivity contribution >= 4 is 45.3 Å². The van der Waals surface area contributed by atoms with Gasteiger partial charge in [-0.05, 0) is 43.3 Å². The number of para-hydroxylation sites is 1. The Bertz CT molecular complexity index is 1530. The maximum Gasteiger partial charge on any atom is 0.331 e. The van der Waals surface area contributed by atoms with Crippen molar-refractivity contribution in [3.63, 3.8) is 0 Å². The third kappa shape index (κ3) is 6.76. The average molecular weight is 591 g/mol. The molecule has 1 N–H and O–H groups in total. The highest BCUT2D eigenvalue weighted by atomic mass is 79.9. The lowest BCUT2D eigenvalue weighted by Crippen LogP contribution is -2.29. The lowest BCUT2D eigenvalue weighted by Gasteiger charge is -2.14. The Morgan fingerprint density at radius 3 is 2.49 bits per heavy atom. The number of carbonyl (C=O) groups excluding carboxylic acids is 2. The smallest absolute Gasteiger partial charge is 0.331 e. The predicted octanol–water partition coefficient (Wildman–Crippen LogP) is 5.80. The van der Waals surface area contributed by atoms with Crippen LogP contribution in [-0.4, -0.2) is 39.8 Å². The summed E-state index contributed by atoms with van der Waals surface area (Å²) in [5.41, 5.74) is 2.87. The number of amides is 1. The van der Waals surface area contributed by atoms with Crippen LogP contribution in [-0.2, 0) is 14.3 Å². The minimum Gasteiger partial charge on any atom is -0.495 e. The van der Waals surface area contributed by atoms with Crippen molar-refractivity contribution < 1.29 is 24.0 Å². The van der Waals surface area contributed by atoms with E-state index in [-0.39, 0.29) is 17.1 Å². The fourth-order valence-electron chi connectivity index (χ4n) is 3.62. The molecule has 0 saturated carbocycles. The van der Waals surface area contributed by atoms with E-state index in [0.717, 1.165) is 15.7 Å². The van der Waals surface area contributed by atoms with Gasteiger partial charge in [-0.2, -0.15) is 5.10 Å². The Kier molecular flexibility index (Phi) is 8.52. The van der Waals surface area contributed by atoms with Gasteiger partial charge in [0, 0.05) is 40.0 Å². The lowest BCUT2D eigenvalue weighted by molar-refractivity contribution is -0.384. The van der Waals surface area contributed by atoms with E-state index in [1.807, 2.05) is 54.6 Å². The molecule has 0 spiro atoms. The number of non-ortho nitro benzene ring substituents is 1. The molecule has 0 aliphatic rings. The van der Waals surface area contributed by atoms with Crippen LogP contribution < -0.4 is 10.1 Å². The Morgan fingerprint density at radius 2 is 1.82 bits per heavy atom. The summed E-state index contributed by atoms with van der Waals surface area (Å²) in [5.74, 6) is -1.20. The topological polar surface area (TPSA) is 126 Å². The van der Waals surface area contributed by atoms with E-state index in [0.29, 0.717) is 11.3 Å². The maximum absolute atomic E-state index is 12.6. The summed E-state index contributed by atoms with van der Waals surface area (Å²) in [4.78, 5) is 35.7. The number of nitrogens with zero attached hydrogens (tertiary/aromatic N) is 3. The minimum absolute atomic E-state index is 0.0857. The van der Waals surface area contributed by atoms with Gasteiger partial charge in [0.2, 0.25) is 0 Å². The van der Waals surface area contributed by atoms with Crippen LogP contribution in [0.2, 0.25) is 0 Å². The van der Waals surface area contributed by atoms with E-state index >= 15 is 0 Å². The molecule has 1 amide bonds. The summed E-state index contributed by atoms with van der Waals surface area (Å²) in [6.45, 7) is 1.39. The Hall–Kier alpha value is -4.77. The number of nitro benzene ring substituents is 1. The van der Waals surface area contributed by atoms with E-state index in [4.69, 9.17) is 14.6 Å². The van der Waals surface area contributed by atoms with Gasteiger partial charge in [-0.3, -0.25) is 14.9 Å². The molecule has 3 aromatic carbocycles. The van der Waals surface area contributed by atoms with Crippen molar-refractivity contribution in [2.24, 2.45) is 0 Å². The molecule has 0 aliphatic carbocycles. The third-order valence-electron chi connectivity index (χ3n) is 5.59. The van der Waals surface area contributed by atoms with Crippen molar-refractivity contribution in [3.8, 4) is 22.7 Å². The summed E-state index contributed by atoms with van der Waals surface area (Å²) in [6, 6.07) is 20.9. The van der Waals surface area contributed by atoms with Gasteiger partial charge in [-0.25, -0.2) is 9.48 Å². The van der Waals surface area contributed by atoms with Crippen LogP contribution in [0.3, 0.4) is 0 Å². The fraction of sp³-hybridized carbons (Fsp3) is 0.107. The van der Waals surface area contributed by atoms with Crippen molar-refractivity contribution in [3.05, 3.63) is 105 Å². The van der Waals surface area contributed by atoms with Gasteiger partial charge in [0.1, 0.15) is 5.75 Å². The SMILES string of the molecule is COc1ccc([N+](=O)[O-])cc1NC(=O)[C@H](C)OC(=O)/C=C/c1cn(-c2ccccc2)nc1-c1ccc(Br)cc1. The number of nitrogens with one attached hydrogen (secondary N) is 1. The molecular weight excluding hydrogens is 568 g/mol. The molecule has 1 atom stereocenters. The van der Waals surface area contributed by atoms with Crippen LogP contribution in [0.4, 0.5) is 11.4 Å². The number of benzene rings is 3. The lowest BCUT2D eigenvalue weighted by atomic mass is 10.1. The molecule has 0 bridgehead atoms. The number of hydrogen-bond donors (Lipinski definition) is 1. The first-order valence-electron chi connectivity index (χ1n) is 11.7. The van der Waals surface area contributed by atoms with Gasteiger partial charge in [-0.1, -0.05) is 46.3 Å². The Labute approximate surface area is 232 Å². The number of nitro groups is 1. The second-order valence-electron chi connectivity index (χ2n) is 8.26. The first kappa shape index (κ1) is 27.3. The first-order valence-corrected chi connectivity index (χ1v) is 12.5. The van der Waals surface area contributed by atoms with E-state index < -0.39 is 22.9 Å². The number of aromatic nitrogens is 2. The second-order valence-corrected chi connectivity index (χ2v) is 9.18. The van der Waals surface area contributed by atoms with Crippen LogP contribution in [0.15, 0.2) is 89.5 Å². The normalized spacial score (nSPS) is 11.7. The van der Waals surface area contributed by atoms with Gasteiger partial charge in [0.05, 0.1) is 29.1 Å². The monoisotopic (exact) mass is 590 g/mol. The zero-order valence-electron chi connectivity index (χ0n) is 20.9. The maximum atomic E-state index is 12.6. The van der Waals surface area contributed by atoms with Crippen LogP contribution in [0.1, 0.15) is 12.5 Å². The number of rotatable bonds is 9. The summed E-state index contributed by atoms with van der Waals surface area (Å²) in [7, 11) is 1.37. The molecule has 39 heavy (non-hydrogen) atoms. The zero-order chi connectivity index (χ0) is 27.9. The van der Waals surface area contributed by atoms with Crippen molar-refractivity contribution in [1.29, 1.82) is 0 Å². The van der Waals surface area contributed by atoms with Crippen LogP contribution in [0.25, 0.3) is 23.0 Å². The molecule has 0 radical (unpaired) electrons. The molecule has 0 unspecified atom stereocenters. The molecule has 0 saturated heterocycles. The average Bonchev–Trinajstić information content (AvgIpc) is 3.37. The standard InChI is InChI=1S/C28H23BrN4O6/c1-18(28(35)30-24-16-23(33(36)37)13-14-25(24)38-2)39-26(34)15-10-20-17-32(22-6-4-3-5-7-22)31-27(20)19-8-11-21(29)12-9-19/h3-18H,1-2H3,(H,30,35)/b15-10+/t18-/m0/s1.